The van der Waals surface area contributed by atoms with Crippen LogP contribution in [0.1, 0.15) is 84.1 Å². The second-order valence-corrected chi connectivity index (χ2v) is 8.43. The van der Waals surface area contributed by atoms with Gasteiger partial charge in [0.1, 0.15) is 0 Å². The maximum atomic E-state index is 13.1. The summed E-state index contributed by atoms with van der Waals surface area (Å²) in [5.74, 6) is 1.66. The van der Waals surface area contributed by atoms with Gasteiger partial charge in [-0.05, 0) is 42.9 Å². The molecule has 1 fully saturated rings. The van der Waals surface area contributed by atoms with Gasteiger partial charge in [0.15, 0.2) is 0 Å². The molecule has 2 aliphatic carbocycles. The molecule has 0 spiro atoms. The monoisotopic (exact) mass is 405 g/mol. The Bertz CT molecular complexity index is 1080. The summed E-state index contributed by atoms with van der Waals surface area (Å²) in [6, 6.07) is 6.25. The fourth-order valence-electron chi connectivity index (χ4n) is 4.84. The van der Waals surface area contributed by atoms with Gasteiger partial charge in [0.05, 0.1) is 17.3 Å². The third-order valence-corrected chi connectivity index (χ3v) is 6.40. The minimum Gasteiger partial charge on any atom is -0.345 e. The number of benzene rings is 1. The van der Waals surface area contributed by atoms with Gasteiger partial charge in [-0.25, -0.2) is 0 Å². The van der Waals surface area contributed by atoms with Crippen LogP contribution in [0.25, 0.3) is 11.4 Å². The van der Waals surface area contributed by atoms with Crippen LogP contribution in [0, 0.1) is 0 Å². The average molecular weight is 406 g/mol. The Balaban J connectivity index is 1.35. The first-order chi connectivity index (χ1) is 14.6. The highest BCUT2D eigenvalue weighted by atomic mass is 16.5. The molecule has 7 nitrogen and oxygen atoms in total. The fourth-order valence-corrected chi connectivity index (χ4v) is 4.84. The molecular formula is C23H27N5O2. The number of aromatic nitrogens is 4. The molecule has 1 saturated carbocycles. The van der Waals surface area contributed by atoms with Crippen LogP contribution in [0.4, 0.5) is 0 Å². The van der Waals surface area contributed by atoms with E-state index in [1.54, 1.807) is 4.68 Å². The molecule has 1 aromatic carbocycles. The first-order valence-electron chi connectivity index (χ1n) is 10.9. The standard InChI is InChI=1S/C23H27N5O2/c1-3-20-25-22(27-30-20)16-8-10-17-15(12-16)9-11-19(17)24-23(29)18-13-28(2)26-21(18)14-6-4-5-7-14/h8,10,12-14,19H,3-7,9,11H2,1-2H3,(H,24,29)/t19-/m1/s1. The normalized spacial score (nSPS) is 18.7. The molecule has 0 saturated heterocycles. The van der Waals surface area contributed by atoms with Crippen molar-refractivity contribution < 1.29 is 9.32 Å². The van der Waals surface area contributed by atoms with Crippen molar-refractivity contribution in [1.82, 2.24) is 25.2 Å². The van der Waals surface area contributed by atoms with Gasteiger partial charge in [-0.15, -0.1) is 0 Å². The Morgan fingerprint density at radius 1 is 1.27 bits per heavy atom. The van der Waals surface area contributed by atoms with Gasteiger partial charge in [-0.2, -0.15) is 10.1 Å². The topological polar surface area (TPSA) is 85.8 Å². The molecule has 156 valence electrons. The van der Waals surface area contributed by atoms with Crippen molar-refractivity contribution in [3.05, 3.63) is 52.7 Å². The molecule has 2 heterocycles. The van der Waals surface area contributed by atoms with E-state index in [4.69, 9.17) is 4.52 Å². The Labute approximate surface area is 175 Å². The van der Waals surface area contributed by atoms with Gasteiger partial charge in [0, 0.05) is 31.1 Å². The predicted molar refractivity (Wildman–Crippen MR) is 112 cm³/mol. The maximum Gasteiger partial charge on any atom is 0.255 e. The largest absolute Gasteiger partial charge is 0.345 e. The molecule has 0 radical (unpaired) electrons. The van der Waals surface area contributed by atoms with Crippen LogP contribution in [0.5, 0.6) is 0 Å². The number of amides is 1. The van der Waals surface area contributed by atoms with Crippen molar-refractivity contribution in [2.45, 2.75) is 63.8 Å². The summed E-state index contributed by atoms with van der Waals surface area (Å²) >= 11 is 0. The highest BCUT2D eigenvalue weighted by Gasteiger charge is 2.29. The lowest BCUT2D eigenvalue weighted by molar-refractivity contribution is 0.0935. The summed E-state index contributed by atoms with van der Waals surface area (Å²) in [4.78, 5) is 17.6. The maximum absolute atomic E-state index is 13.1. The smallest absolute Gasteiger partial charge is 0.255 e. The van der Waals surface area contributed by atoms with Crippen molar-refractivity contribution >= 4 is 5.91 Å². The second-order valence-electron chi connectivity index (χ2n) is 8.43. The van der Waals surface area contributed by atoms with E-state index in [1.165, 1.54) is 24.0 Å². The number of hydrogen-bond acceptors (Lipinski definition) is 5. The lowest BCUT2D eigenvalue weighted by Gasteiger charge is -2.15. The minimum atomic E-state index is -0.0160. The molecule has 2 aromatic heterocycles. The molecule has 3 aromatic rings. The number of carbonyl (C=O) groups is 1. The van der Waals surface area contributed by atoms with Crippen LogP contribution in [0.3, 0.4) is 0 Å². The molecular weight excluding hydrogens is 378 g/mol. The van der Waals surface area contributed by atoms with Gasteiger partial charge >= 0.3 is 0 Å². The Hall–Kier alpha value is -2.96. The molecule has 1 amide bonds. The zero-order valence-electron chi connectivity index (χ0n) is 17.5. The van der Waals surface area contributed by atoms with E-state index in [0.29, 0.717) is 17.6 Å². The van der Waals surface area contributed by atoms with E-state index in [2.05, 4.69) is 32.7 Å². The first kappa shape index (κ1) is 19.0. The Kier molecular flexibility index (Phi) is 4.89. The summed E-state index contributed by atoms with van der Waals surface area (Å²) in [6.45, 7) is 1.99. The number of nitrogens with zero attached hydrogens (tertiary/aromatic N) is 4. The highest BCUT2D eigenvalue weighted by Crippen LogP contribution is 2.36. The van der Waals surface area contributed by atoms with E-state index in [9.17, 15) is 4.79 Å². The van der Waals surface area contributed by atoms with Crippen molar-refractivity contribution in [3.63, 3.8) is 0 Å². The lowest BCUT2D eigenvalue weighted by Crippen LogP contribution is -2.28. The SMILES string of the molecule is CCc1nc(-c2ccc3c(c2)CC[C@H]3NC(=O)c2cn(C)nc2C2CCCC2)no1. The Morgan fingerprint density at radius 2 is 2.10 bits per heavy atom. The lowest BCUT2D eigenvalue weighted by atomic mass is 9.99. The molecule has 5 rings (SSSR count). The molecule has 2 aliphatic rings. The van der Waals surface area contributed by atoms with E-state index in [0.717, 1.165) is 48.9 Å². The number of aryl methyl sites for hydroxylation is 3. The minimum absolute atomic E-state index is 0.0160. The zero-order chi connectivity index (χ0) is 20.7. The fraction of sp³-hybridized carbons (Fsp3) is 0.478. The molecule has 0 aliphatic heterocycles. The van der Waals surface area contributed by atoms with E-state index < -0.39 is 0 Å². The van der Waals surface area contributed by atoms with Gasteiger partial charge in [0.25, 0.3) is 5.91 Å². The van der Waals surface area contributed by atoms with Crippen molar-refractivity contribution in [3.8, 4) is 11.4 Å². The van der Waals surface area contributed by atoms with Gasteiger partial charge in [-0.1, -0.05) is 37.1 Å². The van der Waals surface area contributed by atoms with Gasteiger partial charge < -0.3 is 9.84 Å². The molecule has 0 unspecified atom stereocenters. The zero-order valence-corrected chi connectivity index (χ0v) is 17.5. The van der Waals surface area contributed by atoms with Crippen molar-refractivity contribution in [2.24, 2.45) is 7.05 Å². The van der Waals surface area contributed by atoms with Crippen LogP contribution < -0.4 is 5.32 Å². The van der Waals surface area contributed by atoms with Crippen LogP contribution >= 0.6 is 0 Å². The van der Waals surface area contributed by atoms with Crippen molar-refractivity contribution in [1.29, 1.82) is 0 Å². The van der Waals surface area contributed by atoms with Gasteiger partial charge in [0.2, 0.25) is 11.7 Å². The van der Waals surface area contributed by atoms with Crippen LogP contribution in [0.15, 0.2) is 28.9 Å². The average Bonchev–Trinajstić information content (AvgIpc) is 3.53. The summed E-state index contributed by atoms with van der Waals surface area (Å²) in [7, 11) is 1.89. The van der Waals surface area contributed by atoms with Gasteiger partial charge in [-0.3, -0.25) is 9.48 Å². The summed E-state index contributed by atoms with van der Waals surface area (Å²) < 4.78 is 7.01. The summed E-state index contributed by atoms with van der Waals surface area (Å²) in [6.07, 6.45) is 9.11. The number of carbonyl (C=O) groups excluding carboxylic acids is 1. The highest BCUT2D eigenvalue weighted by molar-refractivity contribution is 5.95. The summed E-state index contributed by atoms with van der Waals surface area (Å²) in [5, 5.41) is 12.0. The third kappa shape index (κ3) is 3.42. The van der Waals surface area contributed by atoms with Crippen molar-refractivity contribution in [2.75, 3.05) is 0 Å². The van der Waals surface area contributed by atoms with Crippen LogP contribution in [0.2, 0.25) is 0 Å². The first-order valence-corrected chi connectivity index (χ1v) is 10.9. The van der Waals surface area contributed by atoms with Crippen LogP contribution in [-0.2, 0) is 19.9 Å². The molecule has 0 bridgehead atoms. The van der Waals surface area contributed by atoms with E-state index >= 15 is 0 Å². The molecule has 30 heavy (non-hydrogen) atoms. The molecule has 1 atom stereocenters. The quantitative estimate of drug-likeness (QED) is 0.690. The number of fused-ring (bicyclic) bond motifs is 1. The van der Waals surface area contributed by atoms with E-state index in [1.807, 2.05) is 26.2 Å². The predicted octanol–water partition coefficient (Wildman–Crippen LogP) is 4.11. The number of nitrogens with one attached hydrogen (secondary N) is 1. The molecule has 7 heteroatoms. The number of rotatable bonds is 5. The summed E-state index contributed by atoms with van der Waals surface area (Å²) in [5.41, 5.74) is 5.07. The third-order valence-electron chi connectivity index (χ3n) is 6.40. The molecule has 1 N–H and O–H groups in total. The Morgan fingerprint density at radius 3 is 2.87 bits per heavy atom. The van der Waals surface area contributed by atoms with E-state index in [-0.39, 0.29) is 11.9 Å². The second kappa shape index (κ2) is 7.70. The number of hydrogen-bond donors (Lipinski definition) is 1. The van der Waals surface area contributed by atoms with Crippen LogP contribution in [-0.4, -0.2) is 25.8 Å².